The fraction of sp³-hybridized carbons (Fsp3) is 0.400. The standard InChI is InChI=1S/C35H33B2N3O4/c1-32(2)33(3,4)42-36(41-32)25-14-12-21-28-20-11-9-10-19(16-38)27(20)31(29(21)23(25)17-39)30-22(28)13-15-26(24(30)18-40)37-43-34(5,6)35(7,8)44-37/h9-15,28,31H,1-8H3. The van der Waals surface area contributed by atoms with Crippen molar-refractivity contribution in [2.24, 2.45) is 0 Å². The molecule has 2 heterocycles. The summed E-state index contributed by atoms with van der Waals surface area (Å²) < 4.78 is 25.6. The molecule has 3 aliphatic carbocycles. The molecule has 5 aliphatic rings. The van der Waals surface area contributed by atoms with Gasteiger partial charge in [0.25, 0.3) is 0 Å². The van der Waals surface area contributed by atoms with Crippen LogP contribution in [0.15, 0.2) is 42.5 Å². The second-order valence-corrected chi connectivity index (χ2v) is 14.3. The van der Waals surface area contributed by atoms with Crippen molar-refractivity contribution in [3.63, 3.8) is 0 Å². The van der Waals surface area contributed by atoms with Crippen molar-refractivity contribution in [2.75, 3.05) is 0 Å². The van der Waals surface area contributed by atoms with Gasteiger partial charge in [0.1, 0.15) is 0 Å². The van der Waals surface area contributed by atoms with Crippen LogP contribution >= 0.6 is 0 Å². The van der Waals surface area contributed by atoms with E-state index in [1.54, 1.807) is 0 Å². The van der Waals surface area contributed by atoms with Crippen LogP contribution in [0.2, 0.25) is 0 Å². The van der Waals surface area contributed by atoms with Crippen LogP contribution in [0.5, 0.6) is 0 Å². The third-order valence-corrected chi connectivity index (χ3v) is 10.9. The lowest BCUT2D eigenvalue weighted by Crippen LogP contribution is -2.41. The molecule has 0 unspecified atom stereocenters. The van der Waals surface area contributed by atoms with Crippen LogP contribution < -0.4 is 10.9 Å². The van der Waals surface area contributed by atoms with E-state index in [0.717, 1.165) is 33.4 Å². The van der Waals surface area contributed by atoms with Crippen molar-refractivity contribution >= 4 is 25.2 Å². The zero-order chi connectivity index (χ0) is 31.6. The lowest BCUT2D eigenvalue weighted by atomic mass is 9.56. The molecule has 2 bridgehead atoms. The first-order valence-electron chi connectivity index (χ1n) is 15.1. The second-order valence-electron chi connectivity index (χ2n) is 14.3. The molecule has 8 rings (SSSR count). The van der Waals surface area contributed by atoms with E-state index < -0.39 is 42.6 Å². The van der Waals surface area contributed by atoms with E-state index >= 15 is 0 Å². The Balaban J connectivity index is 1.49. The molecular weight excluding hydrogens is 548 g/mol. The van der Waals surface area contributed by atoms with E-state index in [9.17, 15) is 15.8 Å². The van der Waals surface area contributed by atoms with Gasteiger partial charge in [-0.2, -0.15) is 15.8 Å². The Morgan fingerprint density at radius 3 is 1.32 bits per heavy atom. The largest absolute Gasteiger partial charge is 0.496 e. The van der Waals surface area contributed by atoms with Gasteiger partial charge in [-0.3, -0.25) is 0 Å². The fourth-order valence-corrected chi connectivity index (χ4v) is 7.20. The normalized spacial score (nSPS) is 24.1. The Hall–Kier alpha value is -3.90. The van der Waals surface area contributed by atoms with E-state index in [0.29, 0.717) is 27.6 Å². The fourth-order valence-electron chi connectivity index (χ4n) is 7.20. The van der Waals surface area contributed by atoms with Crippen molar-refractivity contribution in [2.45, 2.75) is 89.6 Å². The van der Waals surface area contributed by atoms with Crippen molar-refractivity contribution in [1.82, 2.24) is 0 Å². The van der Waals surface area contributed by atoms with Gasteiger partial charge in [0.05, 0.1) is 57.3 Å². The number of nitriles is 3. The molecular formula is C35H33B2N3O4. The first-order chi connectivity index (χ1) is 20.7. The van der Waals surface area contributed by atoms with E-state index in [1.165, 1.54) is 0 Å². The van der Waals surface area contributed by atoms with Gasteiger partial charge in [-0.25, -0.2) is 0 Å². The van der Waals surface area contributed by atoms with Crippen LogP contribution in [0.25, 0.3) is 0 Å². The molecule has 2 fully saturated rings. The predicted molar refractivity (Wildman–Crippen MR) is 167 cm³/mol. The maximum absolute atomic E-state index is 10.8. The molecule has 7 nitrogen and oxygen atoms in total. The summed E-state index contributed by atoms with van der Waals surface area (Å²) in [6.45, 7) is 15.9. The Morgan fingerprint density at radius 1 is 0.523 bits per heavy atom. The van der Waals surface area contributed by atoms with Gasteiger partial charge in [0, 0.05) is 22.8 Å². The van der Waals surface area contributed by atoms with Gasteiger partial charge in [-0.1, -0.05) is 36.4 Å². The van der Waals surface area contributed by atoms with E-state index in [-0.39, 0.29) is 5.92 Å². The van der Waals surface area contributed by atoms with Crippen LogP contribution in [0.1, 0.15) is 117 Å². The third kappa shape index (κ3) is 3.64. The molecule has 0 aromatic heterocycles. The number of nitrogens with zero attached hydrogens (tertiary/aromatic N) is 3. The smallest absolute Gasteiger partial charge is 0.399 e. The van der Waals surface area contributed by atoms with Crippen molar-refractivity contribution in [1.29, 1.82) is 15.8 Å². The van der Waals surface area contributed by atoms with E-state index in [1.807, 2.05) is 79.7 Å². The zero-order valence-electron chi connectivity index (χ0n) is 26.3. The van der Waals surface area contributed by atoms with Crippen LogP contribution in [0.4, 0.5) is 0 Å². The summed E-state index contributed by atoms with van der Waals surface area (Å²) in [5.74, 6) is -0.780. The highest BCUT2D eigenvalue weighted by Crippen LogP contribution is 2.58. The van der Waals surface area contributed by atoms with Crippen molar-refractivity contribution in [3.05, 3.63) is 92.5 Å². The van der Waals surface area contributed by atoms with Crippen LogP contribution in [0.3, 0.4) is 0 Å². The molecule has 9 heteroatoms. The van der Waals surface area contributed by atoms with Crippen LogP contribution in [-0.4, -0.2) is 36.6 Å². The highest BCUT2D eigenvalue weighted by molar-refractivity contribution is 6.63. The maximum Gasteiger partial charge on any atom is 0.496 e. The lowest BCUT2D eigenvalue weighted by molar-refractivity contribution is 0.00578. The molecule has 2 aliphatic heterocycles. The Morgan fingerprint density at radius 2 is 0.932 bits per heavy atom. The highest BCUT2D eigenvalue weighted by atomic mass is 16.7. The van der Waals surface area contributed by atoms with Gasteiger partial charge in [-0.15, -0.1) is 0 Å². The molecule has 0 atom stereocenters. The van der Waals surface area contributed by atoms with Crippen LogP contribution in [0, 0.1) is 34.0 Å². The second kappa shape index (κ2) is 9.07. The Kier molecular flexibility index (Phi) is 5.95. The van der Waals surface area contributed by atoms with E-state index in [4.69, 9.17) is 18.6 Å². The van der Waals surface area contributed by atoms with Gasteiger partial charge in [0.2, 0.25) is 0 Å². The number of benzene rings is 3. The lowest BCUT2D eigenvalue weighted by Gasteiger charge is -2.44. The number of hydrogen-bond donors (Lipinski definition) is 0. The summed E-state index contributed by atoms with van der Waals surface area (Å²) in [4.78, 5) is 0. The minimum atomic E-state index is -0.739. The maximum atomic E-state index is 10.8. The summed E-state index contributed by atoms with van der Waals surface area (Å²) in [7, 11) is -1.48. The topological polar surface area (TPSA) is 108 Å². The SMILES string of the molecule is CC1(C)OB(c2ccc3c(c2C#N)C2c4c(C#N)cccc4C3c3ccc(B4OC(C)(C)C(C)(C)O4)c(C#N)c32)OC1(C)C. The molecule has 3 aromatic carbocycles. The molecule has 0 N–H and O–H groups in total. The molecule has 0 saturated carbocycles. The van der Waals surface area contributed by atoms with Crippen molar-refractivity contribution < 1.29 is 18.6 Å². The highest BCUT2D eigenvalue weighted by Gasteiger charge is 2.55. The van der Waals surface area contributed by atoms with E-state index in [2.05, 4.69) is 36.4 Å². The molecule has 0 spiro atoms. The van der Waals surface area contributed by atoms with Crippen molar-refractivity contribution in [3.8, 4) is 18.2 Å². The quantitative estimate of drug-likeness (QED) is 0.274. The summed E-state index contributed by atoms with van der Waals surface area (Å²) in [6.07, 6.45) is 0. The first kappa shape index (κ1) is 28.8. The molecule has 0 amide bonds. The zero-order valence-corrected chi connectivity index (χ0v) is 26.3. The summed E-state index contributed by atoms with van der Waals surface area (Å²) >= 11 is 0. The third-order valence-electron chi connectivity index (χ3n) is 10.9. The Bertz CT molecular complexity index is 1770. The van der Waals surface area contributed by atoms with Gasteiger partial charge >= 0.3 is 14.2 Å². The average Bonchev–Trinajstić information content (AvgIpc) is 3.33. The summed E-state index contributed by atoms with van der Waals surface area (Å²) in [6, 6.07) is 21.2. The number of rotatable bonds is 2. The molecule has 218 valence electrons. The molecule has 44 heavy (non-hydrogen) atoms. The molecule has 2 saturated heterocycles. The van der Waals surface area contributed by atoms with Gasteiger partial charge in [-0.05, 0) is 94.8 Å². The summed E-state index contributed by atoms with van der Waals surface area (Å²) in [5, 5.41) is 31.9. The average molecular weight is 581 g/mol. The van der Waals surface area contributed by atoms with Gasteiger partial charge < -0.3 is 18.6 Å². The van der Waals surface area contributed by atoms with Gasteiger partial charge in [0.15, 0.2) is 0 Å². The molecule has 3 aromatic rings. The predicted octanol–water partition coefficient (Wildman–Crippen LogP) is 4.89. The first-order valence-corrected chi connectivity index (χ1v) is 15.1. The summed E-state index contributed by atoms with van der Waals surface area (Å²) in [5.41, 5.74) is 5.86. The minimum Gasteiger partial charge on any atom is -0.399 e. The monoisotopic (exact) mass is 581 g/mol. The van der Waals surface area contributed by atoms with Crippen LogP contribution in [-0.2, 0) is 18.6 Å². The number of hydrogen-bond acceptors (Lipinski definition) is 7. The Labute approximate surface area is 259 Å². The molecule has 0 radical (unpaired) electrons. The minimum absolute atomic E-state index is 0.257.